The zero-order chi connectivity index (χ0) is 10.7. The number of carbonyl (C=O) groups is 1. The Labute approximate surface area is 85.9 Å². The fourth-order valence-corrected chi connectivity index (χ4v) is 0.943. The van der Waals surface area contributed by atoms with Crippen LogP contribution in [0.1, 0.15) is 24.5 Å². The number of nitrogens with zero attached hydrogens (tertiary/aromatic N) is 3. The lowest BCUT2D eigenvalue weighted by Gasteiger charge is -2.07. The SMILES string of the molecule is CC(C)Nc1nc(Cl)nc(C(N)=O)n1. The van der Waals surface area contributed by atoms with Gasteiger partial charge < -0.3 is 11.1 Å². The molecule has 1 heterocycles. The maximum Gasteiger partial charge on any atom is 0.286 e. The first-order valence-electron chi connectivity index (χ1n) is 3.97. The molecule has 1 aromatic rings. The number of aromatic nitrogens is 3. The van der Waals surface area contributed by atoms with Crippen molar-refractivity contribution < 1.29 is 4.79 Å². The monoisotopic (exact) mass is 215 g/mol. The van der Waals surface area contributed by atoms with E-state index in [1.165, 1.54) is 0 Å². The first kappa shape index (κ1) is 10.6. The molecule has 3 N–H and O–H groups in total. The number of anilines is 1. The van der Waals surface area contributed by atoms with Crippen LogP contribution in [0.3, 0.4) is 0 Å². The van der Waals surface area contributed by atoms with Crippen LogP contribution >= 0.6 is 11.6 Å². The standard InChI is InChI=1S/C7H10ClN5O/c1-3(2)10-7-12-5(4(9)14)11-6(8)13-7/h3H,1-2H3,(H2,9,14)(H,10,11,12,13). The Kier molecular flexibility index (Phi) is 3.19. The van der Waals surface area contributed by atoms with E-state index in [0.717, 1.165) is 0 Å². The van der Waals surface area contributed by atoms with Gasteiger partial charge in [-0.1, -0.05) is 0 Å². The Morgan fingerprint density at radius 2 is 2.07 bits per heavy atom. The van der Waals surface area contributed by atoms with Crippen LogP contribution in [0.15, 0.2) is 0 Å². The highest BCUT2D eigenvalue weighted by Gasteiger charge is 2.09. The molecule has 0 aromatic carbocycles. The van der Waals surface area contributed by atoms with Crippen molar-refractivity contribution >= 4 is 23.5 Å². The summed E-state index contributed by atoms with van der Waals surface area (Å²) in [5, 5.41) is 2.83. The molecule has 0 aliphatic carbocycles. The Bertz CT molecular complexity index is 354. The molecule has 1 rings (SSSR count). The van der Waals surface area contributed by atoms with Gasteiger partial charge in [0.15, 0.2) is 0 Å². The molecule has 0 atom stereocenters. The Balaban J connectivity index is 3.01. The molecule has 0 saturated heterocycles. The maximum atomic E-state index is 10.8. The first-order chi connectivity index (χ1) is 6.49. The number of halogens is 1. The number of nitrogens with two attached hydrogens (primary N) is 1. The molecule has 76 valence electrons. The summed E-state index contributed by atoms with van der Waals surface area (Å²) in [6, 6.07) is 0.134. The van der Waals surface area contributed by atoms with Crippen LogP contribution in [0.5, 0.6) is 0 Å². The molecule has 0 fully saturated rings. The number of hydrogen-bond donors (Lipinski definition) is 2. The molecule has 0 saturated carbocycles. The number of nitrogens with one attached hydrogen (secondary N) is 1. The van der Waals surface area contributed by atoms with Gasteiger partial charge in [-0.05, 0) is 25.4 Å². The van der Waals surface area contributed by atoms with E-state index < -0.39 is 5.91 Å². The van der Waals surface area contributed by atoms with E-state index in [1.54, 1.807) is 0 Å². The van der Waals surface area contributed by atoms with Crippen molar-refractivity contribution in [2.75, 3.05) is 5.32 Å². The average molecular weight is 216 g/mol. The van der Waals surface area contributed by atoms with Crippen molar-refractivity contribution in [3.05, 3.63) is 11.1 Å². The largest absolute Gasteiger partial charge is 0.363 e. The van der Waals surface area contributed by atoms with Crippen molar-refractivity contribution in [2.24, 2.45) is 5.73 Å². The van der Waals surface area contributed by atoms with Gasteiger partial charge in [0, 0.05) is 6.04 Å². The maximum absolute atomic E-state index is 10.8. The van der Waals surface area contributed by atoms with E-state index in [9.17, 15) is 4.79 Å². The van der Waals surface area contributed by atoms with Gasteiger partial charge in [0.2, 0.25) is 17.1 Å². The molecular formula is C7H10ClN5O. The normalized spacial score (nSPS) is 10.3. The predicted octanol–water partition coefficient (Wildman–Crippen LogP) is 0.444. The zero-order valence-corrected chi connectivity index (χ0v) is 8.54. The third-order valence-corrected chi connectivity index (χ3v) is 1.42. The molecule has 0 aliphatic heterocycles. The minimum absolute atomic E-state index is 0.0584. The summed E-state index contributed by atoms with van der Waals surface area (Å²) < 4.78 is 0. The Morgan fingerprint density at radius 1 is 1.43 bits per heavy atom. The van der Waals surface area contributed by atoms with Crippen LogP contribution < -0.4 is 11.1 Å². The summed E-state index contributed by atoms with van der Waals surface area (Å²) in [4.78, 5) is 21.9. The van der Waals surface area contributed by atoms with Gasteiger partial charge in [0.25, 0.3) is 5.91 Å². The molecule has 0 spiro atoms. The number of hydrogen-bond acceptors (Lipinski definition) is 5. The molecular weight excluding hydrogens is 206 g/mol. The minimum Gasteiger partial charge on any atom is -0.363 e. The summed E-state index contributed by atoms with van der Waals surface area (Å²) in [7, 11) is 0. The molecule has 14 heavy (non-hydrogen) atoms. The van der Waals surface area contributed by atoms with Crippen LogP contribution in [0, 0.1) is 0 Å². The lowest BCUT2D eigenvalue weighted by molar-refractivity contribution is 0.0990. The highest BCUT2D eigenvalue weighted by atomic mass is 35.5. The number of carbonyl (C=O) groups excluding carboxylic acids is 1. The molecule has 6 nitrogen and oxygen atoms in total. The second kappa shape index (κ2) is 4.19. The quantitative estimate of drug-likeness (QED) is 0.763. The third kappa shape index (κ3) is 2.81. The van der Waals surface area contributed by atoms with E-state index in [-0.39, 0.29) is 23.1 Å². The van der Waals surface area contributed by atoms with Gasteiger partial charge in [-0.2, -0.15) is 15.0 Å². The van der Waals surface area contributed by atoms with E-state index in [0.29, 0.717) is 0 Å². The van der Waals surface area contributed by atoms with E-state index in [2.05, 4.69) is 20.3 Å². The summed E-state index contributed by atoms with van der Waals surface area (Å²) in [6.45, 7) is 3.81. The molecule has 0 radical (unpaired) electrons. The van der Waals surface area contributed by atoms with Crippen molar-refractivity contribution in [1.82, 2.24) is 15.0 Å². The van der Waals surface area contributed by atoms with Gasteiger partial charge in [0.1, 0.15) is 0 Å². The van der Waals surface area contributed by atoms with E-state index >= 15 is 0 Å². The molecule has 0 unspecified atom stereocenters. The second-order valence-electron chi connectivity index (χ2n) is 2.91. The van der Waals surface area contributed by atoms with E-state index in [4.69, 9.17) is 17.3 Å². The topological polar surface area (TPSA) is 93.8 Å². The van der Waals surface area contributed by atoms with Crippen LogP contribution in [-0.4, -0.2) is 26.9 Å². The lowest BCUT2D eigenvalue weighted by atomic mass is 10.4. The number of rotatable bonds is 3. The smallest absolute Gasteiger partial charge is 0.286 e. The van der Waals surface area contributed by atoms with Gasteiger partial charge in [-0.15, -0.1) is 0 Å². The van der Waals surface area contributed by atoms with Crippen LogP contribution in [0.4, 0.5) is 5.95 Å². The Morgan fingerprint density at radius 3 is 2.57 bits per heavy atom. The van der Waals surface area contributed by atoms with Crippen molar-refractivity contribution in [2.45, 2.75) is 19.9 Å². The molecule has 0 aliphatic rings. The second-order valence-corrected chi connectivity index (χ2v) is 3.25. The number of primary amides is 1. The van der Waals surface area contributed by atoms with Crippen molar-refractivity contribution in [3.8, 4) is 0 Å². The van der Waals surface area contributed by atoms with E-state index in [1.807, 2.05) is 13.8 Å². The molecule has 0 bridgehead atoms. The third-order valence-electron chi connectivity index (χ3n) is 1.25. The molecule has 7 heteroatoms. The van der Waals surface area contributed by atoms with Crippen LogP contribution in [0.25, 0.3) is 0 Å². The minimum atomic E-state index is -0.735. The fraction of sp³-hybridized carbons (Fsp3) is 0.429. The van der Waals surface area contributed by atoms with Gasteiger partial charge in [0.05, 0.1) is 0 Å². The fourth-order valence-electron chi connectivity index (χ4n) is 0.783. The predicted molar refractivity (Wildman–Crippen MR) is 52.1 cm³/mol. The average Bonchev–Trinajstić information content (AvgIpc) is 2.01. The number of amides is 1. The van der Waals surface area contributed by atoms with Crippen molar-refractivity contribution in [3.63, 3.8) is 0 Å². The summed E-state index contributed by atoms with van der Waals surface area (Å²) in [5.41, 5.74) is 5.00. The van der Waals surface area contributed by atoms with Gasteiger partial charge in [-0.25, -0.2) is 0 Å². The molecule has 1 amide bonds. The molecule has 1 aromatic heterocycles. The van der Waals surface area contributed by atoms with Crippen molar-refractivity contribution in [1.29, 1.82) is 0 Å². The van der Waals surface area contributed by atoms with Crippen LogP contribution in [0.2, 0.25) is 5.28 Å². The highest BCUT2D eigenvalue weighted by molar-refractivity contribution is 6.28. The van der Waals surface area contributed by atoms with Gasteiger partial charge in [-0.3, -0.25) is 4.79 Å². The first-order valence-corrected chi connectivity index (χ1v) is 4.34. The van der Waals surface area contributed by atoms with Crippen LogP contribution in [-0.2, 0) is 0 Å². The summed E-state index contributed by atoms with van der Waals surface area (Å²) in [5.74, 6) is -0.636. The highest BCUT2D eigenvalue weighted by Crippen LogP contribution is 2.06. The Hall–Kier alpha value is -1.43. The zero-order valence-electron chi connectivity index (χ0n) is 7.78. The summed E-state index contributed by atoms with van der Waals surface area (Å²) in [6.07, 6.45) is 0. The summed E-state index contributed by atoms with van der Waals surface area (Å²) >= 11 is 5.57. The lowest BCUT2D eigenvalue weighted by Crippen LogP contribution is -2.19. The van der Waals surface area contributed by atoms with Gasteiger partial charge >= 0.3 is 0 Å².